The lowest BCUT2D eigenvalue weighted by Gasteiger charge is -2.09. The molecule has 142 valence electrons. The van der Waals surface area contributed by atoms with Crippen molar-refractivity contribution in [1.82, 2.24) is 10.3 Å². The minimum atomic E-state index is -1.22. The van der Waals surface area contributed by atoms with Gasteiger partial charge < -0.3 is 20.5 Å². The molecule has 0 unspecified atom stereocenters. The fourth-order valence-corrected chi connectivity index (χ4v) is 2.25. The summed E-state index contributed by atoms with van der Waals surface area (Å²) in [6.07, 6.45) is 1.97. The molecule has 0 aliphatic heterocycles. The van der Waals surface area contributed by atoms with Crippen LogP contribution in [0.4, 0.5) is 5.69 Å². The van der Waals surface area contributed by atoms with E-state index in [0.29, 0.717) is 37.4 Å². The number of benzene rings is 1. The Labute approximate surface area is 156 Å². The zero-order valence-corrected chi connectivity index (χ0v) is 14.9. The number of pyridine rings is 1. The molecule has 0 bridgehead atoms. The van der Waals surface area contributed by atoms with Crippen molar-refractivity contribution in [3.63, 3.8) is 0 Å². The number of carboxylic acid groups (broad SMARTS) is 1. The van der Waals surface area contributed by atoms with E-state index in [4.69, 9.17) is 9.84 Å². The summed E-state index contributed by atoms with van der Waals surface area (Å²) >= 11 is 0. The van der Waals surface area contributed by atoms with E-state index < -0.39 is 11.9 Å². The zero-order valence-electron chi connectivity index (χ0n) is 14.9. The molecule has 0 aliphatic rings. The molecular weight excluding hydrogens is 350 g/mol. The smallest absolute Gasteiger partial charge is 0.354 e. The number of carboxylic acids is 1. The second kappa shape index (κ2) is 10.0. The molecule has 27 heavy (non-hydrogen) atoms. The summed E-state index contributed by atoms with van der Waals surface area (Å²) < 4.78 is 5.21. The van der Waals surface area contributed by atoms with Crippen molar-refractivity contribution < 1.29 is 24.2 Å². The molecule has 8 nitrogen and oxygen atoms in total. The first-order valence-corrected chi connectivity index (χ1v) is 8.48. The zero-order chi connectivity index (χ0) is 19.6. The molecule has 2 aromatic rings. The van der Waals surface area contributed by atoms with Gasteiger partial charge in [-0.25, -0.2) is 9.78 Å². The molecule has 1 heterocycles. The third-order valence-electron chi connectivity index (χ3n) is 3.58. The van der Waals surface area contributed by atoms with Crippen LogP contribution in [0.2, 0.25) is 0 Å². The molecule has 0 fully saturated rings. The summed E-state index contributed by atoms with van der Waals surface area (Å²) in [5, 5.41) is 14.4. The van der Waals surface area contributed by atoms with E-state index in [1.54, 1.807) is 24.3 Å². The standard InChI is InChI=1S/C19H21N3O5/c1-2-27-10-4-8-21-17(23)13-5-3-6-15(11-13)22-18(24)14-7-9-20-16(12-14)19(25)26/h3,5-7,9,11-12H,2,4,8,10H2,1H3,(H,21,23)(H,22,24)(H,25,26). The summed E-state index contributed by atoms with van der Waals surface area (Å²) in [5.41, 5.74) is 0.775. The van der Waals surface area contributed by atoms with Gasteiger partial charge in [0.05, 0.1) is 0 Å². The van der Waals surface area contributed by atoms with Crippen LogP contribution in [0.15, 0.2) is 42.6 Å². The van der Waals surface area contributed by atoms with Crippen LogP contribution in [-0.4, -0.2) is 47.6 Å². The Kier molecular flexibility index (Phi) is 7.45. The molecule has 0 atom stereocenters. The third kappa shape index (κ3) is 6.19. The van der Waals surface area contributed by atoms with Gasteiger partial charge in [-0.1, -0.05) is 6.07 Å². The second-order valence-corrected chi connectivity index (χ2v) is 5.58. The number of aromatic carboxylic acids is 1. The molecule has 0 aliphatic carbocycles. The molecule has 2 amide bonds. The Morgan fingerprint density at radius 2 is 1.89 bits per heavy atom. The number of hydrogen-bond donors (Lipinski definition) is 3. The Bertz CT molecular complexity index is 822. The van der Waals surface area contributed by atoms with Gasteiger partial charge >= 0.3 is 5.97 Å². The summed E-state index contributed by atoms with van der Waals surface area (Å²) in [6, 6.07) is 9.09. The Morgan fingerprint density at radius 3 is 2.63 bits per heavy atom. The lowest BCUT2D eigenvalue weighted by molar-refractivity contribution is 0.0690. The van der Waals surface area contributed by atoms with Gasteiger partial charge in [0.25, 0.3) is 11.8 Å². The highest BCUT2D eigenvalue weighted by Gasteiger charge is 2.12. The summed E-state index contributed by atoms with van der Waals surface area (Å²) in [7, 11) is 0. The molecule has 3 N–H and O–H groups in total. The molecule has 2 rings (SSSR count). The van der Waals surface area contributed by atoms with Crippen LogP contribution in [0.5, 0.6) is 0 Å². The van der Waals surface area contributed by atoms with Crippen molar-refractivity contribution in [3.8, 4) is 0 Å². The van der Waals surface area contributed by atoms with Crippen LogP contribution in [-0.2, 0) is 4.74 Å². The van der Waals surface area contributed by atoms with Crippen molar-refractivity contribution in [2.75, 3.05) is 25.1 Å². The number of aromatic nitrogens is 1. The first-order chi connectivity index (χ1) is 13.0. The lowest BCUT2D eigenvalue weighted by Crippen LogP contribution is -2.25. The maximum atomic E-state index is 12.3. The fourth-order valence-electron chi connectivity index (χ4n) is 2.25. The van der Waals surface area contributed by atoms with Crippen molar-refractivity contribution in [2.24, 2.45) is 0 Å². The number of nitrogens with one attached hydrogen (secondary N) is 2. The van der Waals surface area contributed by atoms with Crippen LogP contribution >= 0.6 is 0 Å². The average Bonchev–Trinajstić information content (AvgIpc) is 2.68. The maximum absolute atomic E-state index is 12.3. The molecule has 1 aromatic carbocycles. The van der Waals surface area contributed by atoms with E-state index >= 15 is 0 Å². The topological polar surface area (TPSA) is 118 Å². The number of ether oxygens (including phenoxy) is 1. The lowest BCUT2D eigenvalue weighted by atomic mass is 10.1. The predicted octanol–water partition coefficient (Wildman–Crippen LogP) is 2.19. The fraction of sp³-hybridized carbons (Fsp3) is 0.263. The van der Waals surface area contributed by atoms with E-state index in [1.165, 1.54) is 18.3 Å². The van der Waals surface area contributed by atoms with E-state index in [0.717, 1.165) is 0 Å². The Morgan fingerprint density at radius 1 is 1.11 bits per heavy atom. The monoisotopic (exact) mass is 371 g/mol. The van der Waals surface area contributed by atoms with Gasteiger partial charge in [-0.15, -0.1) is 0 Å². The summed E-state index contributed by atoms with van der Waals surface area (Å²) in [5.74, 6) is -1.96. The van der Waals surface area contributed by atoms with Gasteiger partial charge in [-0.3, -0.25) is 9.59 Å². The quantitative estimate of drug-likeness (QED) is 0.582. The number of amides is 2. The number of nitrogens with zero attached hydrogens (tertiary/aromatic N) is 1. The van der Waals surface area contributed by atoms with E-state index in [-0.39, 0.29) is 17.2 Å². The van der Waals surface area contributed by atoms with Crippen LogP contribution in [0.1, 0.15) is 44.5 Å². The normalized spacial score (nSPS) is 10.3. The van der Waals surface area contributed by atoms with Crippen molar-refractivity contribution in [2.45, 2.75) is 13.3 Å². The number of carbonyl (C=O) groups is 3. The number of hydrogen-bond acceptors (Lipinski definition) is 5. The molecule has 0 spiro atoms. The third-order valence-corrected chi connectivity index (χ3v) is 3.58. The van der Waals surface area contributed by atoms with Crippen LogP contribution in [0.3, 0.4) is 0 Å². The van der Waals surface area contributed by atoms with Crippen LogP contribution in [0.25, 0.3) is 0 Å². The Balaban J connectivity index is 1.98. The van der Waals surface area contributed by atoms with Crippen LogP contribution < -0.4 is 10.6 Å². The van der Waals surface area contributed by atoms with Crippen molar-refractivity contribution >= 4 is 23.5 Å². The number of rotatable bonds is 9. The molecule has 1 aromatic heterocycles. The largest absolute Gasteiger partial charge is 0.477 e. The summed E-state index contributed by atoms with van der Waals surface area (Å²) in [4.78, 5) is 39.1. The maximum Gasteiger partial charge on any atom is 0.354 e. The highest BCUT2D eigenvalue weighted by molar-refractivity contribution is 6.06. The first-order valence-electron chi connectivity index (χ1n) is 8.48. The summed E-state index contributed by atoms with van der Waals surface area (Å²) in [6.45, 7) is 3.62. The minimum Gasteiger partial charge on any atom is -0.477 e. The van der Waals surface area contributed by atoms with Gasteiger partial charge in [0, 0.05) is 42.8 Å². The van der Waals surface area contributed by atoms with Gasteiger partial charge in [0.2, 0.25) is 0 Å². The molecule has 0 radical (unpaired) electrons. The molecular formula is C19H21N3O5. The van der Waals surface area contributed by atoms with Gasteiger partial charge in [0.1, 0.15) is 5.69 Å². The van der Waals surface area contributed by atoms with Gasteiger partial charge in [0.15, 0.2) is 0 Å². The van der Waals surface area contributed by atoms with E-state index in [9.17, 15) is 14.4 Å². The van der Waals surface area contributed by atoms with E-state index in [1.807, 2.05) is 6.92 Å². The highest BCUT2D eigenvalue weighted by atomic mass is 16.5. The Hall–Kier alpha value is -3.26. The van der Waals surface area contributed by atoms with Crippen LogP contribution in [0, 0.1) is 0 Å². The predicted molar refractivity (Wildman–Crippen MR) is 99.0 cm³/mol. The van der Waals surface area contributed by atoms with Crippen molar-refractivity contribution in [1.29, 1.82) is 0 Å². The van der Waals surface area contributed by atoms with Crippen molar-refractivity contribution in [3.05, 3.63) is 59.4 Å². The van der Waals surface area contributed by atoms with Gasteiger partial charge in [-0.05, 0) is 43.7 Å². The minimum absolute atomic E-state index is 0.160. The SMILES string of the molecule is CCOCCCNC(=O)c1cccc(NC(=O)c2ccnc(C(=O)O)c2)c1. The van der Waals surface area contributed by atoms with Gasteiger partial charge in [-0.2, -0.15) is 0 Å². The number of anilines is 1. The molecule has 0 saturated carbocycles. The highest BCUT2D eigenvalue weighted by Crippen LogP contribution is 2.13. The average molecular weight is 371 g/mol. The number of carbonyl (C=O) groups excluding carboxylic acids is 2. The van der Waals surface area contributed by atoms with E-state index in [2.05, 4.69) is 15.6 Å². The molecule has 8 heteroatoms. The molecule has 0 saturated heterocycles. The second-order valence-electron chi connectivity index (χ2n) is 5.58. The first kappa shape index (κ1) is 20.1.